The zero-order valence-electron chi connectivity index (χ0n) is 35.2. The first-order valence-electron chi connectivity index (χ1n) is 20.0. The molecule has 370 valence electrons. The average molecular weight is 1050 g/mol. The minimum atomic E-state index is -7.22. The largest absolute Gasteiger partial charge is 0.289 e. The van der Waals surface area contributed by atoms with Gasteiger partial charge in [0, 0.05) is 27.2 Å². The van der Waals surface area contributed by atoms with E-state index in [4.69, 9.17) is 0 Å². The van der Waals surface area contributed by atoms with Gasteiger partial charge in [-0.15, -0.1) is 21.9 Å². The molecule has 0 aliphatic heterocycles. The Bertz CT molecular complexity index is 3320. The van der Waals surface area contributed by atoms with E-state index < -0.39 is 144 Å². The summed E-state index contributed by atoms with van der Waals surface area (Å²) in [4.78, 5) is 14.0. The minimum absolute atomic E-state index is 0.146. The van der Waals surface area contributed by atoms with Crippen LogP contribution >= 0.6 is 0 Å². The van der Waals surface area contributed by atoms with Gasteiger partial charge >= 0.3 is 0 Å². The molecular weight excluding hydrogens is 1030 g/mol. The Morgan fingerprint density at radius 1 is 0.347 bits per heavy atom. The third kappa shape index (κ3) is 7.56. The fraction of sp³-hybridized carbons (Fsp3) is 0.0408. The second kappa shape index (κ2) is 18.7. The van der Waals surface area contributed by atoms with Crippen LogP contribution in [0.3, 0.4) is 0 Å². The van der Waals surface area contributed by atoms with Gasteiger partial charge in [0.05, 0.1) is 0 Å². The summed E-state index contributed by atoms with van der Waals surface area (Å²) in [5.41, 5.74) is -13.5. The van der Waals surface area contributed by atoms with E-state index in [1.54, 1.807) is 0 Å². The van der Waals surface area contributed by atoms with Crippen LogP contribution in [-0.4, -0.2) is 23.9 Å². The zero-order valence-corrected chi connectivity index (χ0v) is 36.1. The summed E-state index contributed by atoms with van der Waals surface area (Å²) in [5, 5.41) is 7.77. The van der Waals surface area contributed by atoms with E-state index in [-0.39, 0.29) is 16.7 Å². The summed E-state index contributed by atoms with van der Waals surface area (Å²) in [6, 6.07) is 29.4. The lowest BCUT2D eigenvalue weighted by Gasteiger charge is -2.44. The van der Waals surface area contributed by atoms with Crippen LogP contribution in [-0.2, 0) is 10.9 Å². The standard InChI is InChI=1S/C25H19OS.C24BF20/c1-27(16-22(26)17-6-3-2-4-7-17)23-15-13-20-11-10-18-8-5-9-19-12-14-21(23)25(20)24(18)19;26-5-1(6(27)14(35)21(42)13(5)34)25(2-7(28)15(36)22(43)16(37)8(2)29,3-9(30)17(38)23(44)18(39)10(3)31)4-11(32)19(40)24(45)20(41)12(4)33/h2-15H,16H2,1H3;/q+1;-1. The molecule has 0 saturated heterocycles. The first-order valence-corrected chi connectivity index (χ1v) is 21.8. The highest BCUT2D eigenvalue weighted by Gasteiger charge is 2.52. The number of halogens is 20. The molecule has 9 aromatic rings. The van der Waals surface area contributed by atoms with Gasteiger partial charge in [0.15, 0.2) is 80.5 Å². The van der Waals surface area contributed by atoms with Crippen LogP contribution in [0, 0.1) is 116 Å². The molecular formula is C49H19BF20OS. The Balaban J connectivity index is 0.000000217. The van der Waals surface area contributed by atoms with Crippen molar-refractivity contribution in [3.63, 3.8) is 0 Å². The van der Waals surface area contributed by atoms with Crippen LogP contribution in [0.1, 0.15) is 10.4 Å². The van der Waals surface area contributed by atoms with E-state index in [2.05, 4.69) is 60.9 Å². The smallest absolute Gasteiger partial charge is 0.212 e. The van der Waals surface area contributed by atoms with Crippen LogP contribution < -0.4 is 21.9 Å². The van der Waals surface area contributed by atoms with E-state index in [1.165, 1.54) is 37.2 Å². The third-order valence-electron chi connectivity index (χ3n) is 12.0. The van der Waals surface area contributed by atoms with Crippen molar-refractivity contribution in [1.29, 1.82) is 0 Å². The molecule has 9 rings (SSSR count). The molecule has 0 bridgehead atoms. The summed E-state index contributed by atoms with van der Waals surface area (Å²) >= 11 is 0. The molecule has 0 aliphatic rings. The van der Waals surface area contributed by atoms with Gasteiger partial charge in [-0.1, -0.05) is 66.7 Å². The maximum atomic E-state index is 15.4. The Hall–Kier alpha value is -7.30. The molecule has 72 heavy (non-hydrogen) atoms. The Kier molecular flexibility index (Phi) is 13.3. The lowest BCUT2D eigenvalue weighted by Crippen LogP contribution is -2.81. The first-order chi connectivity index (χ1) is 33.9. The zero-order chi connectivity index (χ0) is 52.7. The number of carbonyl (C=O) groups excluding carboxylic acids is 1. The molecule has 0 spiro atoms. The van der Waals surface area contributed by atoms with Crippen molar-refractivity contribution < 1.29 is 92.6 Å². The topological polar surface area (TPSA) is 17.1 Å². The van der Waals surface area contributed by atoms with Gasteiger partial charge in [-0.3, -0.25) is 4.79 Å². The normalized spacial score (nSPS) is 12.3. The maximum absolute atomic E-state index is 15.4. The fourth-order valence-electron chi connectivity index (χ4n) is 8.87. The Morgan fingerprint density at radius 2 is 0.639 bits per heavy atom. The minimum Gasteiger partial charge on any atom is -0.289 e. The number of Topliss-reactive ketones (excluding diaryl/α,β-unsaturated/α-hetero) is 1. The molecule has 1 nitrogen and oxygen atoms in total. The molecule has 1 atom stereocenters. The van der Waals surface area contributed by atoms with E-state index >= 15 is 35.1 Å². The third-order valence-corrected chi connectivity index (χ3v) is 13.8. The average Bonchev–Trinajstić information content (AvgIpc) is 3.38. The number of ketones is 1. The first kappa shape index (κ1) is 51.1. The van der Waals surface area contributed by atoms with Gasteiger partial charge in [0.25, 0.3) is 0 Å². The molecule has 0 radical (unpaired) electrons. The molecule has 0 amide bonds. The van der Waals surface area contributed by atoms with Crippen LogP contribution in [0.25, 0.3) is 32.3 Å². The second-order valence-electron chi connectivity index (χ2n) is 15.8. The molecule has 1 unspecified atom stereocenters. The lowest BCUT2D eigenvalue weighted by molar-refractivity contribution is 0.102. The van der Waals surface area contributed by atoms with Crippen LogP contribution in [0.4, 0.5) is 87.8 Å². The summed E-state index contributed by atoms with van der Waals surface area (Å²) < 4.78 is 294. The molecule has 0 fully saturated rings. The molecule has 0 aliphatic carbocycles. The Morgan fingerprint density at radius 3 is 0.986 bits per heavy atom. The predicted molar refractivity (Wildman–Crippen MR) is 227 cm³/mol. The quantitative estimate of drug-likeness (QED) is 0.0282. The monoisotopic (exact) mass is 1050 g/mol. The van der Waals surface area contributed by atoms with Crippen molar-refractivity contribution >= 4 is 77.0 Å². The van der Waals surface area contributed by atoms with Crippen molar-refractivity contribution in [3.05, 3.63) is 207 Å². The van der Waals surface area contributed by atoms with E-state index in [1.807, 2.05) is 30.3 Å². The van der Waals surface area contributed by atoms with Crippen molar-refractivity contribution in [1.82, 2.24) is 0 Å². The number of carbonyl (C=O) groups is 1. The molecule has 0 N–H and O–H groups in total. The van der Waals surface area contributed by atoms with E-state index in [9.17, 15) is 57.5 Å². The van der Waals surface area contributed by atoms with Crippen molar-refractivity contribution in [2.45, 2.75) is 4.90 Å². The summed E-state index contributed by atoms with van der Waals surface area (Å²) in [6.45, 7) is 0. The molecule has 9 aromatic carbocycles. The summed E-state index contributed by atoms with van der Waals surface area (Å²) in [5.74, 6) is -70.6. The van der Waals surface area contributed by atoms with Crippen molar-refractivity contribution in [3.8, 4) is 0 Å². The highest BCUT2D eigenvalue weighted by Crippen LogP contribution is 2.38. The number of rotatable bonds is 8. The van der Waals surface area contributed by atoms with Gasteiger partial charge in [-0.2, -0.15) is 0 Å². The van der Waals surface area contributed by atoms with Crippen LogP contribution in [0.2, 0.25) is 0 Å². The molecule has 0 heterocycles. The van der Waals surface area contributed by atoms with Crippen LogP contribution in [0.15, 0.2) is 89.8 Å². The van der Waals surface area contributed by atoms with Crippen molar-refractivity contribution in [2.75, 3.05) is 12.0 Å². The molecule has 23 heteroatoms. The summed E-state index contributed by atoms with van der Waals surface area (Å²) in [7, 11) is -0.146. The van der Waals surface area contributed by atoms with E-state index in [0.717, 1.165) is 5.56 Å². The van der Waals surface area contributed by atoms with Gasteiger partial charge in [-0.25, -0.2) is 87.8 Å². The number of benzene rings is 9. The maximum Gasteiger partial charge on any atom is 0.212 e. The van der Waals surface area contributed by atoms with E-state index in [0.29, 0.717) is 5.75 Å². The molecule has 0 saturated carbocycles. The van der Waals surface area contributed by atoms with Crippen LogP contribution in [0.5, 0.6) is 0 Å². The highest BCUT2D eigenvalue weighted by atomic mass is 32.2. The lowest BCUT2D eigenvalue weighted by atomic mass is 9.12. The number of hydrogen-bond acceptors (Lipinski definition) is 1. The SMILES string of the molecule is C[S+](CC(=O)c1ccccc1)c1ccc2ccc3cccc4ccc1c2c34.Fc1c(F)c(F)c([B-](c2c(F)c(F)c(F)c(F)c2F)(c2c(F)c(F)c(F)c(F)c2F)c2c(F)c(F)c(F)c(F)c2F)c(F)c1F. The molecule has 0 aromatic heterocycles. The summed E-state index contributed by atoms with van der Waals surface area (Å²) in [6.07, 6.45) is -5.03. The van der Waals surface area contributed by atoms with Crippen molar-refractivity contribution in [2.24, 2.45) is 0 Å². The fourth-order valence-corrected chi connectivity index (χ4v) is 10.4. The highest BCUT2D eigenvalue weighted by molar-refractivity contribution is 7.97. The predicted octanol–water partition coefficient (Wildman–Crippen LogP) is 11.9. The van der Waals surface area contributed by atoms with Gasteiger partial charge < -0.3 is 0 Å². The number of hydrogen-bond donors (Lipinski definition) is 0. The van der Waals surface area contributed by atoms with Gasteiger partial charge in [0.1, 0.15) is 58.9 Å². The van der Waals surface area contributed by atoms with Gasteiger partial charge in [0.2, 0.25) is 5.78 Å². The Labute approximate surface area is 392 Å². The van der Waals surface area contributed by atoms with Gasteiger partial charge in [-0.05, 0) is 39.7 Å². The second-order valence-corrected chi connectivity index (χ2v) is 17.8.